The fourth-order valence-electron chi connectivity index (χ4n) is 5.66. The maximum Gasteiger partial charge on any atom is 0.251 e. The highest BCUT2D eigenvalue weighted by Crippen LogP contribution is 2.33. The van der Waals surface area contributed by atoms with Crippen LogP contribution in [0.15, 0.2) is 36.4 Å². The fraction of sp³-hybridized carbons (Fsp3) is 0.571. The summed E-state index contributed by atoms with van der Waals surface area (Å²) in [5.74, 6) is -0.515. The predicted octanol–water partition coefficient (Wildman–Crippen LogP) is 2.63. The van der Waals surface area contributed by atoms with Crippen LogP contribution >= 0.6 is 0 Å². The molecule has 0 spiro atoms. The first-order chi connectivity index (χ1) is 17.2. The van der Waals surface area contributed by atoms with Crippen molar-refractivity contribution in [2.75, 3.05) is 32.1 Å². The number of Topliss-reactive ketones (excluding diaryl/α,β-unsaturated/α-hetero) is 1. The molecule has 3 unspecified atom stereocenters. The molecule has 1 aliphatic carbocycles. The van der Waals surface area contributed by atoms with Crippen LogP contribution < -0.4 is 10.2 Å². The first-order valence-electron chi connectivity index (χ1n) is 13.0. The van der Waals surface area contributed by atoms with Gasteiger partial charge >= 0.3 is 0 Å². The molecule has 2 heterocycles. The van der Waals surface area contributed by atoms with Gasteiger partial charge in [-0.2, -0.15) is 0 Å². The highest BCUT2D eigenvalue weighted by atomic mass is 16.2. The Kier molecular flexibility index (Phi) is 7.81. The Bertz CT molecular complexity index is 1030. The standard InChI is InChI=1S/C28H38N4O4/c1-18(2)16-22(29-26(34)19-10-12-21(13-11-19)30(3)4)28(36)31-15-14-23-25(31)24(33)17-32(23)27(35)20-8-6-5-7-9-20/h5-6,10-13,18,20,22-23,25H,7-9,14-17H2,1-4H3,(H,29,34)/t20?,22-,23?,25?/m0/s1. The van der Waals surface area contributed by atoms with E-state index in [-0.39, 0.29) is 47.9 Å². The largest absolute Gasteiger partial charge is 0.378 e. The minimum Gasteiger partial charge on any atom is -0.378 e. The number of anilines is 1. The third-order valence-electron chi connectivity index (χ3n) is 7.56. The molecule has 0 saturated carbocycles. The van der Waals surface area contributed by atoms with Crippen molar-refractivity contribution in [3.63, 3.8) is 0 Å². The molecule has 2 fully saturated rings. The average molecular weight is 495 g/mol. The van der Waals surface area contributed by atoms with E-state index in [1.54, 1.807) is 21.9 Å². The summed E-state index contributed by atoms with van der Waals surface area (Å²) in [7, 11) is 3.86. The molecule has 194 valence electrons. The molecular formula is C28H38N4O4. The highest BCUT2D eigenvalue weighted by Gasteiger charge is 2.52. The van der Waals surface area contributed by atoms with E-state index in [1.807, 2.05) is 51.1 Å². The van der Waals surface area contributed by atoms with Gasteiger partial charge in [-0.3, -0.25) is 19.2 Å². The molecule has 3 aliphatic rings. The molecule has 1 aromatic carbocycles. The Labute approximate surface area is 213 Å². The van der Waals surface area contributed by atoms with Crippen LogP contribution in [0.5, 0.6) is 0 Å². The third kappa shape index (κ3) is 5.32. The Morgan fingerprint density at radius 1 is 1.06 bits per heavy atom. The maximum atomic E-state index is 13.7. The van der Waals surface area contributed by atoms with Crippen LogP contribution in [0.25, 0.3) is 0 Å². The molecule has 2 saturated heterocycles. The summed E-state index contributed by atoms with van der Waals surface area (Å²) < 4.78 is 0. The fourth-order valence-corrected chi connectivity index (χ4v) is 5.66. The van der Waals surface area contributed by atoms with Gasteiger partial charge in [0.15, 0.2) is 5.78 Å². The normalized spacial score (nSPS) is 24.1. The lowest BCUT2D eigenvalue weighted by Gasteiger charge is -2.30. The second kappa shape index (κ2) is 10.8. The molecule has 1 aromatic rings. The summed E-state index contributed by atoms with van der Waals surface area (Å²) in [6.45, 7) is 4.49. The lowest BCUT2D eigenvalue weighted by atomic mass is 9.93. The number of rotatable bonds is 7. The summed E-state index contributed by atoms with van der Waals surface area (Å²) in [4.78, 5) is 58.2. The SMILES string of the molecule is CC(C)C[C@H](NC(=O)c1ccc(N(C)C)cc1)C(=O)N1CCC2C1C(=O)CN2C(=O)C1CC=CCC1. The van der Waals surface area contributed by atoms with Crippen molar-refractivity contribution >= 4 is 29.2 Å². The number of nitrogens with zero attached hydrogens (tertiary/aromatic N) is 3. The van der Waals surface area contributed by atoms with Crippen molar-refractivity contribution in [3.05, 3.63) is 42.0 Å². The number of allylic oxidation sites excluding steroid dienone is 2. The van der Waals surface area contributed by atoms with Crippen molar-refractivity contribution < 1.29 is 19.2 Å². The van der Waals surface area contributed by atoms with Crippen LogP contribution in [0.2, 0.25) is 0 Å². The quantitative estimate of drug-likeness (QED) is 0.589. The van der Waals surface area contributed by atoms with Crippen LogP contribution in [0.3, 0.4) is 0 Å². The van der Waals surface area contributed by atoms with Crippen molar-refractivity contribution in [1.29, 1.82) is 0 Å². The van der Waals surface area contributed by atoms with Crippen LogP contribution in [0.4, 0.5) is 5.69 Å². The van der Waals surface area contributed by atoms with E-state index in [2.05, 4.69) is 11.4 Å². The minimum atomic E-state index is -0.731. The summed E-state index contributed by atoms with van der Waals surface area (Å²) in [6, 6.07) is 5.61. The number of hydrogen-bond donors (Lipinski definition) is 1. The summed E-state index contributed by atoms with van der Waals surface area (Å²) in [5.41, 5.74) is 1.46. The number of likely N-dealkylation sites (tertiary alicyclic amines) is 2. The van der Waals surface area contributed by atoms with E-state index in [1.165, 1.54) is 0 Å². The van der Waals surface area contributed by atoms with Gasteiger partial charge in [0.25, 0.3) is 5.91 Å². The molecule has 0 radical (unpaired) electrons. The molecule has 8 heteroatoms. The van der Waals surface area contributed by atoms with E-state index < -0.39 is 12.1 Å². The monoisotopic (exact) mass is 494 g/mol. The van der Waals surface area contributed by atoms with Gasteiger partial charge in [0, 0.05) is 37.8 Å². The molecule has 8 nitrogen and oxygen atoms in total. The average Bonchev–Trinajstić information content (AvgIpc) is 3.44. The summed E-state index contributed by atoms with van der Waals surface area (Å²) in [6.07, 6.45) is 7.59. The molecule has 4 rings (SSSR count). The Morgan fingerprint density at radius 2 is 1.78 bits per heavy atom. The molecule has 2 aliphatic heterocycles. The number of fused-ring (bicyclic) bond motifs is 1. The van der Waals surface area contributed by atoms with Crippen molar-refractivity contribution in [2.24, 2.45) is 11.8 Å². The smallest absolute Gasteiger partial charge is 0.251 e. The molecule has 0 aromatic heterocycles. The number of amides is 3. The van der Waals surface area contributed by atoms with E-state index in [4.69, 9.17) is 0 Å². The Balaban J connectivity index is 1.47. The van der Waals surface area contributed by atoms with Crippen LogP contribution in [-0.4, -0.2) is 78.6 Å². The predicted molar refractivity (Wildman–Crippen MR) is 139 cm³/mol. The number of carbonyl (C=O) groups excluding carboxylic acids is 4. The second-order valence-corrected chi connectivity index (χ2v) is 10.8. The number of nitrogens with one attached hydrogen (secondary N) is 1. The second-order valence-electron chi connectivity index (χ2n) is 10.8. The highest BCUT2D eigenvalue weighted by molar-refractivity contribution is 6.01. The molecule has 36 heavy (non-hydrogen) atoms. The number of carbonyl (C=O) groups is 4. The zero-order valence-corrected chi connectivity index (χ0v) is 21.8. The van der Waals surface area contributed by atoms with Crippen LogP contribution in [0.1, 0.15) is 56.3 Å². The van der Waals surface area contributed by atoms with E-state index in [9.17, 15) is 19.2 Å². The van der Waals surface area contributed by atoms with Crippen LogP contribution in [-0.2, 0) is 14.4 Å². The van der Waals surface area contributed by atoms with Crippen molar-refractivity contribution in [1.82, 2.24) is 15.1 Å². The zero-order chi connectivity index (χ0) is 26.0. The number of ketones is 1. The minimum absolute atomic E-state index is 0.0303. The van der Waals surface area contributed by atoms with Gasteiger partial charge in [-0.1, -0.05) is 26.0 Å². The maximum absolute atomic E-state index is 13.7. The van der Waals surface area contributed by atoms with Gasteiger partial charge in [-0.25, -0.2) is 0 Å². The first-order valence-corrected chi connectivity index (χ1v) is 13.0. The van der Waals surface area contributed by atoms with Gasteiger partial charge in [-0.05, 0) is 62.3 Å². The topological polar surface area (TPSA) is 90.0 Å². The lowest BCUT2D eigenvalue weighted by molar-refractivity contribution is -0.138. The third-order valence-corrected chi connectivity index (χ3v) is 7.56. The van der Waals surface area contributed by atoms with Gasteiger partial charge in [0.05, 0.1) is 12.6 Å². The van der Waals surface area contributed by atoms with E-state index in [0.717, 1.165) is 18.5 Å². The molecule has 1 N–H and O–H groups in total. The molecule has 3 amide bonds. The zero-order valence-electron chi connectivity index (χ0n) is 21.8. The Morgan fingerprint density at radius 3 is 2.39 bits per heavy atom. The van der Waals surface area contributed by atoms with Gasteiger partial charge in [0.2, 0.25) is 11.8 Å². The number of hydrogen-bond acceptors (Lipinski definition) is 5. The molecule has 0 bridgehead atoms. The molecular weight excluding hydrogens is 456 g/mol. The van der Waals surface area contributed by atoms with Crippen LogP contribution in [0, 0.1) is 11.8 Å². The van der Waals surface area contributed by atoms with Gasteiger partial charge in [-0.15, -0.1) is 0 Å². The van der Waals surface area contributed by atoms with Gasteiger partial charge < -0.3 is 20.0 Å². The van der Waals surface area contributed by atoms with E-state index in [0.29, 0.717) is 31.4 Å². The summed E-state index contributed by atoms with van der Waals surface area (Å²) in [5, 5.41) is 2.93. The first kappa shape index (κ1) is 25.9. The number of benzene rings is 1. The lowest BCUT2D eigenvalue weighted by Crippen LogP contribution is -2.53. The Hall–Kier alpha value is -3.16. The summed E-state index contributed by atoms with van der Waals surface area (Å²) >= 11 is 0. The van der Waals surface area contributed by atoms with E-state index >= 15 is 0 Å². The molecule has 4 atom stereocenters. The van der Waals surface area contributed by atoms with Gasteiger partial charge in [0.1, 0.15) is 12.1 Å². The van der Waals surface area contributed by atoms with Crippen molar-refractivity contribution in [3.8, 4) is 0 Å². The van der Waals surface area contributed by atoms with Crippen molar-refractivity contribution in [2.45, 2.75) is 64.1 Å².